The Hall–Kier alpha value is -2.05. The van der Waals surface area contributed by atoms with Crippen LogP contribution in [0.1, 0.15) is 37.1 Å². The van der Waals surface area contributed by atoms with Gasteiger partial charge in [-0.1, -0.05) is 44.2 Å². The summed E-state index contributed by atoms with van der Waals surface area (Å²) < 4.78 is 14.5. The first-order chi connectivity index (χ1) is 12.0. The van der Waals surface area contributed by atoms with Gasteiger partial charge in [-0.3, -0.25) is 0 Å². The molecule has 1 unspecified atom stereocenters. The Labute approximate surface area is 154 Å². The highest BCUT2D eigenvalue weighted by molar-refractivity contribution is 9.10. The molecule has 0 aliphatic carbocycles. The molecule has 25 heavy (non-hydrogen) atoms. The molecule has 0 saturated carbocycles. The van der Waals surface area contributed by atoms with Crippen molar-refractivity contribution < 1.29 is 9.50 Å². The lowest BCUT2D eigenvalue weighted by Gasteiger charge is -2.20. The van der Waals surface area contributed by atoms with E-state index in [1.807, 2.05) is 18.2 Å². The molecule has 6 heteroatoms. The van der Waals surface area contributed by atoms with E-state index in [4.69, 9.17) is 0 Å². The van der Waals surface area contributed by atoms with Gasteiger partial charge in [-0.05, 0) is 38.9 Å². The summed E-state index contributed by atoms with van der Waals surface area (Å²) in [5.74, 6) is 0.583. The summed E-state index contributed by atoms with van der Waals surface area (Å²) in [6, 6.07) is 11.8. The van der Waals surface area contributed by atoms with Gasteiger partial charge in [-0.25, -0.2) is 14.4 Å². The van der Waals surface area contributed by atoms with Crippen molar-refractivity contribution in [3.63, 3.8) is 0 Å². The molecule has 4 nitrogen and oxygen atoms in total. The summed E-state index contributed by atoms with van der Waals surface area (Å²) in [5.41, 5.74) is 1.71. The smallest absolute Gasteiger partial charge is 0.198 e. The number of aliphatic hydroxyl groups is 1. The number of fused-ring (bicyclic) bond motifs is 1. The van der Waals surface area contributed by atoms with Crippen molar-refractivity contribution in [2.75, 3.05) is 11.9 Å². The van der Waals surface area contributed by atoms with E-state index in [2.05, 4.69) is 45.1 Å². The second-order valence-electron chi connectivity index (χ2n) is 6.16. The van der Waals surface area contributed by atoms with Crippen molar-refractivity contribution in [2.24, 2.45) is 0 Å². The average Bonchev–Trinajstić information content (AvgIpc) is 2.60. The fraction of sp³-hybridized carbons (Fsp3) is 0.263. The fourth-order valence-corrected chi connectivity index (χ4v) is 3.19. The van der Waals surface area contributed by atoms with Crippen molar-refractivity contribution in [3.05, 3.63) is 64.3 Å². The predicted octanol–water partition coefficient (Wildman–Crippen LogP) is 4.80. The highest BCUT2D eigenvalue weighted by atomic mass is 79.9. The number of aromatic nitrogens is 2. The number of aliphatic hydroxyl groups excluding tert-OH is 1. The summed E-state index contributed by atoms with van der Waals surface area (Å²) in [5, 5.41) is 14.4. The lowest BCUT2D eigenvalue weighted by atomic mass is 9.98. The second-order valence-corrected chi connectivity index (χ2v) is 6.87. The van der Waals surface area contributed by atoms with Crippen molar-refractivity contribution in [2.45, 2.75) is 25.8 Å². The van der Waals surface area contributed by atoms with Crippen molar-refractivity contribution in [3.8, 4) is 0 Å². The molecular formula is C19H19BrFN3O. The maximum absolute atomic E-state index is 14.0. The van der Waals surface area contributed by atoms with E-state index in [0.29, 0.717) is 15.9 Å². The number of nitrogens with zero attached hydrogens (tertiary/aromatic N) is 2. The lowest BCUT2D eigenvalue weighted by Crippen LogP contribution is -2.17. The number of halogens is 2. The van der Waals surface area contributed by atoms with E-state index in [-0.39, 0.29) is 18.3 Å². The first-order valence-electron chi connectivity index (χ1n) is 8.08. The van der Waals surface area contributed by atoms with Crippen LogP contribution in [0.15, 0.2) is 47.2 Å². The third-order valence-electron chi connectivity index (χ3n) is 4.09. The number of anilines is 1. The van der Waals surface area contributed by atoms with E-state index in [0.717, 1.165) is 16.6 Å². The largest absolute Gasteiger partial charge is 0.394 e. The summed E-state index contributed by atoms with van der Waals surface area (Å²) in [6.45, 7) is 3.96. The number of hydrogen-bond donors (Lipinski definition) is 2. The molecule has 3 rings (SSSR count). The van der Waals surface area contributed by atoms with E-state index in [9.17, 15) is 9.50 Å². The number of nitrogens with one attached hydrogen (secondary N) is 1. The molecule has 0 aliphatic rings. The molecule has 130 valence electrons. The summed E-state index contributed by atoms with van der Waals surface area (Å²) >= 11 is 3.32. The maximum Gasteiger partial charge on any atom is 0.198 e. The zero-order valence-corrected chi connectivity index (χ0v) is 15.6. The number of hydrogen-bond acceptors (Lipinski definition) is 4. The minimum Gasteiger partial charge on any atom is -0.394 e. The Morgan fingerprint density at radius 2 is 1.84 bits per heavy atom. The van der Waals surface area contributed by atoms with Gasteiger partial charge in [-0.15, -0.1) is 0 Å². The highest BCUT2D eigenvalue weighted by Crippen LogP contribution is 2.29. The number of benzene rings is 2. The van der Waals surface area contributed by atoms with Gasteiger partial charge in [-0.2, -0.15) is 0 Å². The van der Waals surface area contributed by atoms with Gasteiger partial charge in [0, 0.05) is 17.1 Å². The van der Waals surface area contributed by atoms with Gasteiger partial charge < -0.3 is 10.4 Å². The summed E-state index contributed by atoms with van der Waals surface area (Å²) in [4.78, 5) is 8.69. The normalized spacial score (nSPS) is 12.6. The average molecular weight is 404 g/mol. The van der Waals surface area contributed by atoms with Crippen LogP contribution in [0, 0.1) is 5.82 Å². The van der Waals surface area contributed by atoms with Gasteiger partial charge in [0.1, 0.15) is 11.6 Å². The van der Waals surface area contributed by atoms with E-state index in [1.165, 1.54) is 6.07 Å². The molecule has 2 N–H and O–H groups in total. The molecule has 0 fully saturated rings. The van der Waals surface area contributed by atoms with Crippen LogP contribution < -0.4 is 5.32 Å². The topological polar surface area (TPSA) is 58.0 Å². The monoisotopic (exact) mass is 403 g/mol. The SMILES string of the molecule is CC(C)c1cc(NC(CO)c2ccc(F)c3ccccc23)nc(Br)n1. The molecule has 0 spiro atoms. The van der Waals surface area contributed by atoms with Crippen LogP contribution in [0.25, 0.3) is 10.8 Å². The van der Waals surface area contributed by atoms with Crippen molar-refractivity contribution >= 4 is 32.5 Å². The van der Waals surface area contributed by atoms with Gasteiger partial charge in [0.15, 0.2) is 4.73 Å². The zero-order chi connectivity index (χ0) is 18.0. The Morgan fingerprint density at radius 3 is 2.52 bits per heavy atom. The molecule has 0 radical (unpaired) electrons. The number of rotatable bonds is 5. The van der Waals surface area contributed by atoms with E-state index in [1.54, 1.807) is 18.2 Å². The van der Waals surface area contributed by atoms with Crippen LogP contribution in [-0.2, 0) is 0 Å². The van der Waals surface area contributed by atoms with Crippen molar-refractivity contribution in [1.82, 2.24) is 9.97 Å². The van der Waals surface area contributed by atoms with Crippen molar-refractivity contribution in [1.29, 1.82) is 0 Å². The first kappa shape index (κ1) is 17.8. The molecule has 0 bridgehead atoms. The van der Waals surface area contributed by atoms with Crippen LogP contribution in [0.3, 0.4) is 0 Å². The van der Waals surface area contributed by atoms with Crippen LogP contribution in [-0.4, -0.2) is 21.7 Å². The third-order valence-corrected chi connectivity index (χ3v) is 4.45. The third kappa shape index (κ3) is 3.80. The fourth-order valence-electron chi connectivity index (χ4n) is 2.79. The van der Waals surface area contributed by atoms with Gasteiger partial charge in [0.25, 0.3) is 0 Å². The standard InChI is InChI=1S/C19H19BrFN3O/c1-11(2)16-9-18(24-19(20)23-16)22-17(10-25)14-7-8-15(21)13-6-4-3-5-12(13)14/h3-9,11,17,25H,10H2,1-2H3,(H,22,23,24). The minimum absolute atomic E-state index is 0.145. The molecule has 0 aliphatic heterocycles. The minimum atomic E-state index is -0.410. The molecule has 1 aromatic heterocycles. The second kappa shape index (κ2) is 7.45. The first-order valence-corrected chi connectivity index (χ1v) is 8.88. The maximum atomic E-state index is 14.0. The zero-order valence-electron chi connectivity index (χ0n) is 14.0. The van der Waals surface area contributed by atoms with Gasteiger partial charge in [0.2, 0.25) is 0 Å². The van der Waals surface area contributed by atoms with Gasteiger partial charge in [0.05, 0.1) is 12.6 Å². The molecule has 1 heterocycles. The highest BCUT2D eigenvalue weighted by Gasteiger charge is 2.17. The van der Waals surface area contributed by atoms with Crippen LogP contribution in [0.5, 0.6) is 0 Å². The Balaban J connectivity index is 2.01. The quantitative estimate of drug-likeness (QED) is 0.600. The van der Waals surface area contributed by atoms with Crippen LogP contribution in [0.2, 0.25) is 0 Å². The Kier molecular flexibility index (Phi) is 5.30. The van der Waals surface area contributed by atoms with Crippen LogP contribution >= 0.6 is 15.9 Å². The molecule has 3 aromatic rings. The predicted molar refractivity (Wildman–Crippen MR) is 101 cm³/mol. The van der Waals surface area contributed by atoms with E-state index >= 15 is 0 Å². The van der Waals surface area contributed by atoms with E-state index < -0.39 is 6.04 Å². The van der Waals surface area contributed by atoms with Gasteiger partial charge >= 0.3 is 0 Å². The lowest BCUT2D eigenvalue weighted by molar-refractivity contribution is 0.276. The Morgan fingerprint density at radius 1 is 1.12 bits per heavy atom. The summed E-state index contributed by atoms with van der Waals surface area (Å²) in [6.07, 6.45) is 0. The molecule has 2 aromatic carbocycles. The molecule has 1 atom stereocenters. The molecular weight excluding hydrogens is 385 g/mol. The Bertz CT molecular complexity index is 901. The molecule has 0 amide bonds. The summed E-state index contributed by atoms with van der Waals surface area (Å²) in [7, 11) is 0. The molecule has 0 saturated heterocycles. The van der Waals surface area contributed by atoms with Crippen LogP contribution in [0.4, 0.5) is 10.2 Å².